The fourth-order valence-electron chi connectivity index (χ4n) is 2.49. The third kappa shape index (κ3) is 5.81. The van der Waals surface area contributed by atoms with Gasteiger partial charge < -0.3 is 15.4 Å². The van der Waals surface area contributed by atoms with Gasteiger partial charge in [-0.15, -0.1) is 0 Å². The molecule has 3 rings (SSSR count). The number of hydrogen-bond acceptors (Lipinski definition) is 2. The zero-order valence-electron chi connectivity index (χ0n) is 15.4. The molecule has 0 heterocycles. The van der Waals surface area contributed by atoms with Crippen LogP contribution in [0.1, 0.15) is 5.56 Å². The van der Waals surface area contributed by atoms with E-state index in [1.807, 2.05) is 0 Å². The van der Waals surface area contributed by atoms with E-state index in [1.54, 1.807) is 30.3 Å². The van der Waals surface area contributed by atoms with Crippen LogP contribution >= 0.6 is 23.2 Å². The van der Waals surface area contributed by atoms with Crippen molar-refractivity contribution in [3.8, 4) is 11.5 Å². The number of alkyl halides is 3. The predicted octanol–water partition coefficient (Wildman–Crippen LogP) is 8.00. The Morgan fingerprint density at radius 3 is 2.19 bits per heavy atom. The molecule has 3 aromatic carbocycles. The second-order valence-corrected chi connectivity index (χ2v) is 6.94. The van der Waals surface area contributed by atoms with Gasteiger partial charge in [0.1, 0.15) is 11.5 Å². The number of halogens is 5. The van der Waals surface area contributed by atoms with Gasteiger partial charge in [0.25, 0.3) is 0 Å². The Morgan fingerprint density at radius 1 is 0.903 bits per heavy atom. The minimum atomic E-state index is -4.66. The molecular formula is C21H12Cl2F3N3O2. The summed E-state index contributed by atoms with van der Waals surface area (Å²) < 4.78 is 44.6. The fraction of sp³-hybridized carbons (Fsp3) is 0.0476. The number of ether oxygens (including phenoxy) is 1. The lowest BCUT2D eigenvalue weighted by Crippen LogP contribution is -2.20. The molecule has 0 saturated carbocycles. The zero-order chi connectivity index (χ0) is 22.6. The molecule has 158 valence electrons. The third-order valence-corrected chi connectivity index (χ3v) is 4.58. The van der Waals surface area contributed by atoms with E-state index in [0.29, 0.717) is 17.2 Å². The molecule has 5 nitrogen and oxygen atoms in total. The standard InChI is InChI=1S/C21H12Cl2F3N3O2/c1-27-12-2-5-14(6-3-12)31-15-7-9-18(23)19(11-15)29-20(30)28-13-4-8-17(22)16(10-13)21(24,25)26/h2-11H,(H2,28,29,30). The molecular weight excluding hydrogens is 454 g/mol. The van der Waals surface area contributed by atoms with Crippen molar-refractivity contribution in [1.29, 1.82) is 0 Å². The third-order valence-electron chi connectivity index (χ3n) is 3.92. The number of amides is 2. The molecule has 0 unspecified atom stereocenters. The van der Waals surface area contributed by atoms with Crippen molar-refractivity contribution in [2.45, 2.75) is 6.18 Å². The maximum absolute atomic E-state index is 13.0. The maximum atomic E-state index is 13.0. The van der Waals surface area contributed by atoms with Crippen molar-refractivity contribution in [1.82, 2.24) is 0 Å². The monoisotopic (exact) mass is 465 g/mol. The minimum Gasteiger partial charge on any atom is -0.457 e. The molecule has 0 radical (unpaired) electrons. The van der Waals surface area contributed by atoms with E-state index in [4.69, 9.17) is 34.5 Å². The van der Waals surface area contributed by atoms with Crippen LogP contribution in [0.15, 0.2) is 60.7 Å². The normalized spacial score (nSPS) is 10.8. The number of urea groups is 1. The zero-order valence-corrected chi connectivity index (χ0v) is 16.9. The van der Waals surface area contributed by atoms with Gasteiger partial charge in [0.2, 0.25) is 0 Å². The first-order valence-corrected chi connectivity index (χ1v) is 9.31. The van der Waals surface area contributed by atoms with Crippen LogP contribution < -0.4 is 15.4 Å². The van der Waals surface area contributed by atoms with Gasteiger partial charge in [-0.25, -0.2) is 9.64 Å². The first-order valence-electron chi connectivity index (χ1n) is 8.55. The summed E-state index contributed by atoms with van der Waals surface area (Å²) in [7, 11) is 0. The van der Waals surface area contributed by atoms with Crippen molar-refractivity contribution in [2.75, 3.05) is 10.6 Å². The molecule has 2 amide bonds. The SMILES string of the molecule is [C-]#[N+]c1ccc(Oc2ccc(Cl)c(NC(=O)Nc3ccc(Cl)c(C(F)(F)F)c3)c2)cc1. The number of anilines is 2. The summed E-state index contributed by atoms with van der Waals surface area (Å²) in [4.78, 5) is 15.5. The Kier molecular flexibility index (Phi) is 6.59. The molecule has 0 fully saturated rings. The molecule has 0 aromatic heterocycles. The van der Waals surface area contributed by atoms with Gasteiger partial charge in [-0.2, -0.15) is 13.2 Å². The van der Waals surface area contributed by atoms with Crippen LogP contribution in [0.25, 0.3) is 4.85 Å². The molecule has 3 aromatic rings. The molecule has 0 spiro atoms. The highest BCUT2D eigenvalue weighted by atomic mass is 35.5. The quantitative estimate of drug-likeness (QED) is 0.383. The van der Waals surface area contributed by atoms with Gasteiger partial charge in [0, 0.05) is 11.8 Å². The molecule has 0 saturated heterocycles. The summed E-state index contributed by atoms with van der Waals surface area (Å²) in [6.07, 6.45) is -4.66. The van der Waals surface area contributed by atoms with Gasteiger partial charge in [-0.3, -0.25) is 0 Å². The summed E-state index contributed by atoms with van der Waals surface area (Å²) in [6.45, 7) is 6.95. The molecule has 0 aliphatic rings. The highest BCUT2D eigenvalue weighted by Gasteiger charge is 2.33. The second kappa shape index (κ2) is 9.16. The number of carbonyl (C=O) groups is 1. The van der Waals surface area contributed by atoms with E-state index in [2.05, 4.69) is 15.5 Å². The lowest BCUT2D eigenvalue weighted by atomic mass is 10.2. The minimum absolute atomic E-state index is 0.0994. The van der Waals surface area contributed by atoms with Crippen molar-refractivity contribution in [3.05, 3.63) is 87.7 Å². The lowest BCUT2D eigenvalue weighted by Gasteiger charge is -2.13. The van der Waals surface area contributed by atoms with E-state index in [0.717, 1.165) is 12.1 Å². The van der Waals surface area contributed by atoms with Crippen LogP contribution in [-0.4, -0.2) is 6.03 Å². The van der Waals surface area contributed by atoms with Crippen LogP contribution in [-0.2, 0) is 6.18 Å². The lowest BCUT2D eigenvalue weighted by molar-refractivity contribution is -0.137. The topological polar surface area (TPSA) is 54.7 Å². The van der Waals surface area contributed by atoms with Crippen LogP contribution in [0.5, 0.6) is 11.5 Å². The number of benzene rings is 3. The van der Waals surface area contributed by atoms with E-state index in [9.17, 15) is 18.0 Å². The molecule has 10 heteroatoms. The Bertz CT molecular complexity index is 1160. The van der Waals surface area contributed by atoms with Crippen LogP contribution in [0.3, 0.4) is 0 Å². The summed E-state index contributed by atoms with van der Waals surface area (Å²) in [6, 6.07) is 13.1. The van der Waals surface area contributed by atoms with Gasteiger partial charge in [-0.05, 0) is 42.5 Å². The molecule has 0 bridgehead atoms. The molecule has 0 aliphatic heterocycles. The van der Waals surface area contributed by atoms with Gasteiger partial charge >= 0.3 is 12.2 Å². The van der Waals surface area contributed by atoms with Crippen LogP contribution in [0.2, 0.25) is 10.0 Å². The Labute approximate surface area is 185 Å². The van der Waals surface area contributed by atoms with Crippen molar-refractivity contribution in [2.24, 2.45) is 0 Å². The average molecular weight is 466 g/mol. The Morgan fingerprint density at radius 2 is 1.55 bits per heavy atom. The predicted molar refractivity (Wildman–Crippen MR) is 113 cm³/mol. The number of nitrogens with zero attached hydrogens (tertiary/aromatic N) is 1. The van der Waals surface area contributed by atoms with Crippen LogP contribution in [0.4, 0.5) is 35.0 Å². The van der Waals surface area contributed by atoms with Crippen molar-refractivity contribution >= 4 is 46.3 Å². The Balaban J connectivity index is 1.72. The highest BCUT2D eigenvalue weighted by molar-refractivity contribution is 6.34. The number of carbonyl (C=O) groups excluding carboxylic acids is 1. The van der Waals surface area contributed by atoms with Crippen molar-refractivity contribution < 1.29 is 22.7 Å². The average Bonchev–Trinajstić information content (AvgIpc) is 2.71. The van der Waals surface area contributed by atoms with Crippen LogP contribution in [0, 0.1) is 6.57 Å². The van der Waals surface area contributed by atoms with Gasteiger partial charge in [0.05, 0.1) is 27.9 Å². The van der Waals surface area contributed by atoms with E-state index >= 15 is 0 Å². The largest absolute Gasteiger partial charge is 0.457 e. The summed E-state index contributed by atoms with van der Waals surface area (Å²) in [5.41, 5.74) is -0.528. The molecule has 31 heavy (non-hydrogen) atoms. The second-order valence-electron chi connectivity index (χ2n) is 6.12. The summed E-state index contributed by atoms with van der Waals surface area (Å²) >= 11 is 11.7. The molecule has 2 N–H and O–H groups in total. The smallest absolute Gasteiger partial charge is 0.417 e. The van der Waals surface area contributed by atoms with Gasteiger partial charge in [0.15, 0.2) is 5.69 Å². The molecule has 0 aliphatic carbocycles. The van der Waals surface area contributed by atoms with E-state index < -0.39 is 22.8 Å². The molecule has 0 atom stereocenters. The summed E-state index contributed by atoms with van der Waals surface area (Å²) in [5, 5.41) is 4.48. The van der Waals surface area contributed by atoms with E-state index in [1.165, 1.54) is 18.2 Å². The number of hydrogen-bond donors (Lipinski definition) is 2. The Hall–Kier alpha value is -3.41. The van der Waals surface area contributed by atoms with Gasteiger partial charge in [-0.1, -0.05) is 35.3 Å². The summed E-state index contributed by atoms with van der Waals surface area (Å²) in [5.74, 6) is 0.812. The van der Waals surface area contributed by atoms with Crippen molar-refractivity contribution in [3.63, 3.8) is 0 Å². The number of rotatable bonds is 4. The fourth-order valence-corrected chi connectivity index (χ4v) is 2.88. The number of nitrogens with one attached hydrogen (secondary N) is 2. The first kappa shape index (κ1) is 22.3. The highest BCUT2D eigenvalue weighted by Crippen LogP contribution is 2.36. The first-order chi connectivity index (χ1) is 14.7. The van der Waals surface area contributed by atoms with E-state index in [-0.39, 0.29) is 16.4 Å². The maximum Gasteiger partial charge on any atom is 0.417 e.